The fourth-order valence-electron chi connectivity index (χ4n) is 1.61. The topological polar surface area (TPSA) is 92.4 Å². The van der Waals surface area contributed by atoms with E-state index < -0.39 is 10.0 Å². The summed E-state index contributed by atoms with van der Waals surface area (Å²) in [6, 6.07) is 8.25. The van der Waals surface area contributed by atoms with E-state index in [-0.39, 0.29) is 32.1 Å². The first-order chi connectivity index (χ1) is 9.29. The average molecular weight is 333 g/mol. The molecule has 8 heteroatoms. The number of phenolic OH excluding ortho intramolecular Hbond substituents is 1. The molecular formula is C12H10Cl2N2O3S. The monoisotopic (exact) mass is 332 g/mol. The Morgan fingerprint density at radius 1 is 1.10 bits per heavy atom. The fraction of sp³-hybridized carbons (Fsp3) is 0. The van der Waals surface area contributed by atoms with E-state index in [9.17, 15) is 13.5 Å². The standard InChI is InChI=1S/C12H10Cl2N2O3S/c13-10-4-7(15)5-11(14)12(10)20(18,19)16-8-2-1-3-9(17)6-8/h1-6,16-17H,15H2. The van der Waals surface area contributed by atoms with Gasteiger partial charge in [0, 0.05) is 11.8 Å². The summed E-state index contributed by atoms with van der Waals surface area (Å²) in [5.74, 6) is -0.0697. The molecule has 0 aliphatic carbocycles. The maximum Gasteiger partial charge on any atom is 0.264 e. The first-order valence-corrected chi connectivity index (χ1v) is 7.60. The molecule has 0 aliphatic heterocycles. The SMILES string of the molecule is Nc1cc(Cl)c(S(=O)(=O)Nc2cccc(O)c2)c(Cl)c1. The molecule has 2 rings (SSSR count). The number of nitrogen functional groups attached to an aromatic ring is 1. The number of aromatic hydroxyl groups is 1. The Kier molecular flexibility index (Phi) is 3.99. The number of phenols is 1. The van der Waals surface area contributed by atoms with E-state index in [0.717, 1.165) is 0 Å². The summed E-state index contributed by atoms with van der Waals surface area (Å²) in [6.07, 6.45) is 0. The molecule has 106 valence electrons. The molecule has 5 nitrogen and oxygen atoms in total. The Labute approximate surface area is 126 Å². The van der Waals surface area contributed by atoms with Crippen LogP contribution in [0.25, 0.3) is 0 Å². The third-order valence-electron chi connectivity index (χ3n) is 2.39. The van der Waals surface area contributed by atoms with Crippen molar-refractivity contribution in [2.75, 3.05) is 10.5 Å². The highest BCUT2D eigenvalue weighted by Gasteiger charge is 2.22. The Hall–Kier alpha value is -1.63. The molecule has 20 heavy (non-hydrogen) atoms. The average Bonchev–Trinajstić information content (AvgIpc) is 2.25. The number of nitrogens with one attached hydrogen (secondary N) is 1. The third kappa shape index (κ3) is 3.09. The summed E-state index contributed by atoms with van der Waals surface area (Å²) in [6.45, 7) is 0. The summed E-state index contributed by atoms with van der Waals surface area (Å²) >= 11 is 11.8. The van der Waals surface area contributed by atoms with Crippen LogP contribution in [0.4, 0.5) is 11.4 Å². The second-order valence-electron chi connectivity index (χ2n) is 3.97. The normalized spacial score (nSPS) is 11.3. The molecule has 2 aromatic rings. The van der Waals surface area contributed by atoms with Crippen LogP contribution in [0.2, 0.25) is 10.0 Å². The Balaban J connectivity index is 2.46. The number of halogens is 2. The van der Waals surface area contributed by atoms with Gasteiger partial charge < -0.3 is 10.8 Å². The van der Waals surface area contributed by atoms with Crippen LogP contribution in [0.15, 0.2) is 41.3 Å². The zero-order valence-corrected chi connectivity index (χ0v) is 12.3. The molecule has 0 aliphatic rings. The minimum Gasteiger partial charge on any atom is -0.508 e. The number of hydrogen-bond acceptors (Lipinski definition) is 4. The summed E-state index contributed by atoms with van der Waals surface area (Å²) < 4.78 is 26.8. The highest BCUT2D eigenvalue weighted by atomic mass is 35.5. The summed E-state index contributed by atoms with van der Waals surface area (Å²) in [5, 5.41) is 9.16. The van der Waals surface area contributed by atoms with Crippen molar-refractivity contribution in [2.45, 2.75) is 4.90 Å². The van der Waals surface area contributed by atoms with Crippen molar-refractivity contribution in [3.05, 3.63) is 46.4 Å². The summed E-state index contributed by atoms with van der Waals surface area (Å²) in [7, 11) is -3.99. The smallest absolute Gasteiger partial charge is 0.264 e. The van der Waals surface area contributed by atoms with E-state index in [1.54, 1.807) is 0 Å². The summed E-state index contributed by atoms with van der Waals surface area (Å²) in [5.41, 5.74) is 5.98. The van der Waals surface area contributed by atoms with E-state index in [4.69, 9.17) is 28.9 Å². The molecule has 0 bridgehead atoms. The Bertz CT molecular complexity index is 740. The number of nitrogens with two attached hydrogens (primary N) is 1. The molecule has 2 aromatic carbocycles. The maximum absolute atomic E-state index is 12.3. The van der Waals surface area contributed by atoms with Gasteiger partial charge in [0.2, 0.25) is 0 Å². The molecule has 0 spiro atoms. The highest BCUT2D eigenvalue weighted by Crippen LogP contribution is 2.33. The highest BCUT2D eigenvalue weighted by molar-refractivity contribution is 7.93. The van der Waals surface area contributed by atoms with Crippen LogP contribution in [0.1, 0.15) is 0 Å². The molecular weight excluding hydrogens is 323 g/mol. The van der Waals surface area contributed by atoms with Crippen LogP contribution in [-0.2, 0) is 10.0 Å². The lowest BCUT2D eigenvalue weighted by Gasteiger charge is -2.11. The van der Waals surface area contributed by atoms with Crippen molar-refractivity contribution in [3.8, 4) is 5.75 Å². The number of anilines is 2. The maximum atomic E-state index is 12.3. The van der Waals surface area contributed by atoms with Crippen LogP contribution in [0.3, 0.4) is 0 Å². The van der Waals surface area contributed by atoms with E-state index in [0.29, 0.717) is 0 Å². The lowest BCUT2D eigenvalue weighted by atomic mass is 10.3. The van der Waals surface area contributed by atoms with Gasteiger partial charge in [0.1, 0.15) is 10.6 Å². The molecule has 4 N–H and O–H groups in total. The second kappa shape index (κ2) is 5.40. The first-order valence-electron chi connectivity index (χ1n) is 5.36. The lowest BCUT2D eigenvalue weighted by molar-refractivity contribution is 0.475. The molecule has 0 unspecified atom stereocenters. The van der Waals surface area contributed by atoms with Crippen LogP contribution in [0.5, 0.6) is 5.75 Å². The van der Waals surface area contributed by atoms with E-state index in [2.05, 4.69) is 4.72 Å². The van der Waals surface area contributed by atoms with Gasteiger partial charge in [0.15, 0.2) is 0 Å². The van der Waals surface area contributed by atoms with Gasteiger partial charge in [-0.15, -0.1) is 0 Å². The van der Waals surface area contributed by atoms with Gasteiger partial charge in [0.05, 0.1) is 15.7 Å². The predicted molar refractivity (Wildman–Crippen MR) is 79.8 cm³/mol. The van der Waals surface area contributed by atoms with Crippen molar-refractivity contribution >= 4 is 44.6 Å². The molecule has 0 saturated carbocycles. The van der Waals surface area contributed by atoms with Gasteiger partial charge in [-0.3, -0.25) is 4.72 Å². The van der Waals surface area contributed by atoms with Gasteiger partial charge in [0.25, 0.3) is 10.0 Å². The van der Waals surface area contributed by atoms with Crippen LogP contribution >= 0.6 is 23.2 Å². The van der Waals surface area contributed by atoms with E-state index in [1.807, 2.05) is 0 Å². The van der Waals surface area contributed by atoms with Crippen LogP contribution in [0, 0.1) is 0 Å². The molecule has 0 fully saturated rings. The zero-order chi connectivity index (χ0) is 14.9. The van der Waals surface area contributed by atoms with E-state index >= 15 is 0 Å². The van der Waals surface area contributed by atoms with Gasteiger partial charge in [-0.1, -0.05) is 29.3 Å². The molecule has 0 radical (unpaired) electrons. The Morgan fingerprint density at radius 2 is 1.70 bits per heavy atom. The van der Waals surface area contributed by atoms with Gasteiger partial charge >= 0.3 is 0 Å². The minimum absolute atomic E-state index is 0.0697. The van der Waals surface area contributed by atoms with Crippen molar-refractivity contribution < 1.29 is 13.5 Å². The molecule has 0 atom stereocenters. The van der Waals surface area contributed by atoms with Crippen molar-refractivity contribution in [3.63, 3.8) is 0 Å². The van der Waals surface area contributed by atoms with Crippen molar-refractivity contribution in [1.82, 2.24) is 0 Å². The fourth-order valence-corrected chi connectivity index (χ4v) is 3.90. The van der Waals surface area contributed by atoms with Crippen LogP contribution in [-0.4, -0.2) is 13.5 Å². The van der Waals surface area contributed by atoms with E-state index in [1.165, 1.54) is 36.4 Å². The molecule has 0 saturated heterocycles. The number of sulfonamides is 1. The molecule has 0 amide bonds. The van der Waals surface area contributed by atoms with Gasteiger partial charge in [-0.2, -0.15) is 0 Å². The minimum atomic E-state index is -3.99. The second-order valence-corrected chi connectivity index (χ2v) is 6.40. The zero-order valence-electron chi connectivity index (χ0n) is 9.97. The number of benzene rings is 2. The first kappa shape index (κ1) is 14.8. The third-order valence-corrected chi connectivity index (χ3v) is 4.69. The predicted octanol–water partition coefficient (Wildman–Crippen LogP) is 3.08. The summed E-state index contributed by atoms with van der Waals surface area (Å²) in [4.78, 5) is -0.265. The Morgan fingerprint density at radius 3 is 2.25 bits per heavy atom. The molecule has 0 heterocycles. The quantitative estimate of drug-likeness (QED) is 0.753. The molecule has 0 aromatic heterocycles. The van der Waals surface area contributed by atoms with Crippen molar-refractivity contribution in [2.24, 2.45) is 0 Å². The lowest BCUT2D eigenvalue weighted by Crippen LogP contribution is -2.14. The number of hydrogen-bond donors (Lipinski definition) is 3. The largest absolute Gasteiger partial charge is 0.508 e. The van der Waals surface area contributed by atoms with Crippen LogP contribution < -0.4 is 10.5 Å². The van der Waals surface area contributed by atoms with Gasteiger partial charge in [-0.25, -0.2) is 8.42 Å². The van der Waals surface area contributed by atoms with Crippen molar-refractivity contribution in [1.29, 1.82) is 0 Å². The van der Waals surface area contributed by atoms with Gasteiger partial charge in [-0.05, 0) is 24.3 Å². The number of rotatable bonds is 3.